The highest BCUT2D eigenvalue weighted by Crippen LogP contribution is 2.26. The third kappa shape index (κ3) is 2.72. The molecule has 1 heterocycles. The molecular weight excluding hydrogens is 292 g/mol. The molecule has 0 bridgehead atoms. The minimum Gasteiger partial charge on any atom is -0.497 e. The maximum absolute atomic E-state index is 12.7. The van der Waals surface area contributed by atoms with Crippen LogP contribution in [0.3, 0.4) is 0 Å². The van der Waals surface area contributed by atoms with E-state index < -0.39 is 10.0 Å². The summed E-state index contributed by atoms with van der Waals surface area (Å²) in [5.74, 6) is 0.576. The average molecular weight is 310 g/mol. The third-order valence-electron chi connectivity index (χ3n) is 3.26. The predicted octanol–water partition coefficient (Wildman–Crippen LogP) is 1.01. The van der Waals surface area contributed by atoms with Crippen LogP contribution < -0.4 is 14.8 Å². The van der Waals surface area contributed by atoms with Gasteiger partial charge in [0.05, 0.1) is 12.8 Å². The third-order valence-corrected chi connectivity index (χ3v) is 5.02. The van der Waals surface area contributed by atoms with E-state index in [0.29, 0.717) is 22.7 Å². The lowest BCUT2D eigenvalue weighted by molar-refractivity contribution is 0.415. The van der Waals surface area contributed by atoms with Crippen molar-refractivity contribution in [3.8, 4) is 5.75 Å². The number of aromatic nitrogens is 2. The van der Waals surface area contributed by atoms with Gasteiger partial charge in [0, 0.05) is 30.9 Å². The van der Waals surface area contributed by atoms with Crippen molar-refractivity contribution in [2.45, 2.75) is 18.5 Å². The quantitative estimate of drug-likeness (QED) is 0.858. The van der Waals surface area contributed by atoms with E-state index in [-0.39, 0.29) is 11.6 Å². The topological polar surface area (TPSA) is 101 Å². The molecule has 0 saturated heterocycles. The summed E-state index contributed by atoms with van der Waals surface area (Å²) < 4.78 is 31.6. The fourth-order valence-corrected chi connectivity index (χ4v) is 3.32. The highest BCUT2D eigenvalue weighted by Gasteiger charge is 2.28. The fraction of sp³-hybridized carbons (Fsp3) is 0.308. The maximum atomic E-state index is 12.7. The summed E-state index contributed by atoms with van der Waals surface area (Å²) in [5.41, 5.74) is 7.24. The predicted molar refractivity (Wildman–Crippen MR) is 79.8 cm³/mol. The molecule has 114 valence electrons. The van der Waals surface area contributed by atoms with Gasteiger partial charge in [0.1, 0.15) is 5.75 Å². The molecule has 0 aliphatic carbocycles. The zero-order valence-corrected chi connectivity index (χ0v) is 12.9. The van der Waals surface area contributed by atoms with Crippen LogP contribution in [0.5, 0.6) is 5.75 Å². The first-order valence-corrected chi connectivity index (χ1v) is 7.72. The Balaban J connectivity index is 2.47. The van der Waals surface area contributed by atoms with Crippen molar-refractivity contribution in [1.29, 1.82) is 0 Å². The molecule has 2 aromatic rings. The Bertz CT molecular complexity index is 740. The van der Waals surface area contributed by atoms with Gasteiger partial charge in [0.2, 0.25) is 5.03 Å². The molecule has 0 aliphatic rings. The lowest BCUT2D eigenvalue weighted by Crippen LogP contribution is -2.28. The number of H-pyrrole nitrogens is 1. The Morgan fingerprint density at radius 3 is 2.76 bits per heavy atom. The Morgan fingerprint density at radius 2 is 2.14 bits per heavy atom. The number of aromatic amines is 1. The van der Waals surface area contributed by atoms with Crippen LogP contribution in [0, 0.1) is 6.92 Å². The van der Waals surface area contributed by atoms with Gasteiger partial charge in [0.25, 0.3) is 10.0 Å². The summed E-state index contributed by atoms with van der Waals surface area (Å²) in [5, 5.41) is 6.50. The lowest BCUT2D eigenvalue weighted by Gasteiger charge is -2.19. The number of anilines is 1. The number of sulfonamides is 1. The molecule has 7 nitrogen and oxygen atoms in total. The van der Waals surface area contributed by atoms with E-state index in [1.54, 1.807) is 31.2 Å². The second kappa shape index (κ2) is 5.74. The number of benzene rings is 1. The van der Waals surface area contributed by atoms with Gasteiger partial charge >= 0.3 is 0 Å². The van der Waals surface area contributed by atoms with E-state index in [0.717, 1.165) is 4.31 Å². The second-order valence-electron chi connectivity index (χ2n) is 4.51. The molecule has 0 spiro atoms. The summed E-state index contributed by atoms with van der Waals surface area (Å²) in [7, 11) is -0.792. The molecule has 8 heteroatoms. The van der Waals surface area contributed by atoms with E-state index in [1.165, 1.54) is 14.2 Å². The average Bonchev–Trinajstić information content (AvgIpc) is 2.88. The van der Waals surface area contributed by atoms with Crippen molar-refractivity contribution in [2.75, 3.05) is 18.5 Å². The normalized spacial score (nSPS) is 11.4. The van der Waals surface area contributed by atoms with Gasteiger partial charge in [-0.15, -0.1) is 0 Å². The molecular formula is C13H18N4O3S. The molecule has 1 aromatic carbocycles. The van der Waals surface area contributed by atoms with Crippen molar-refractivity contribution < 1.29 is 13.2 Å². The minimum atomic E-state index is -3.78. The lowest BCUT2D eigenvalue weighted by atomic mass is 10.3. The second-order valence-corrected chi connectivity index (χ2v) is 6.40. The van der Waals surface area contributed by atoms with Crippen LogP contribution in [-0.2, 0) is 16.6 Å². The van der Waals surface area contributed by atoms with Crippen molar-refractivity contribution in [3.05, 3.63) is 35.5 Å². The number of nitrogens with two attached hydrogens (primary N) is 1. The van der Waals surface area contributed by atoms with E-state index in [2.05, 4.69) is 10.2 Å². The molecule has 0 unspecified atom stereocenters. The molecule has 0 atom stereocenters. The Morgan fingerprint density at radius 1 is 1.43 bits per heavy atom. The van der Waals surface area contributed by atoms with E-state index in [1.807, 2.05) is 0 Å². The summed E-state index contributed by atoms with van der Waals surface area (Å²) in [4.78, 5) is 0. The summed E-state index contributed by atoms with van der Waals surface area (Å²) in [6, 6.07) is 6.79. The molecule has 0 fully saturated rings. The Hall–Kier alpha value is -2.06. The Kier molecular flexibility index (Phi) is 4.19. The first kappa shape index (κ1) is 15.3. The van der Waals surface area contributed by atoms with E-state index in [4.69, 9.17) is 10.5 Å². The van der Waals surface area contributed by atoms with Crippen LogP contribution >= 0.6 is 0 Å². The van der Waals surface area contributed by atoms with Crippen LogP contribution in [-0.4, -0.2) is 32.8 Å². The van der Waals surface area contributed by atoms with Gasteiger partial charge in [-0.05, 0) is 19.1 Å². The Labute approximate surface area is 123 Å². The molecule has 0 saturated carbocycles. The molecule has 1 aromatic heterocycles. The summed E-state index contributed by atoms with van der Waals surface area (Å²) in [6.45, 7) is 1.84. The van der Waals surface area contributed by atoms with Gasteiger partial charge in [-0.3, -0.25) is 9.40 Å². The zero-order chi connectivity index (χ0) is 15.6. The molecule has 2 rings (SSSR count). The van der Waals surface area contributed by atoms with Crippen molar-refractivity contribution in [1.82, 2.24) is 10.2 Å². The van der Waals surface area contributed by atoms with Crippen LogP contribution in [0.1, 0.15) is 11.3 Å². The van der Waals surface area contributed by atoms with Gasteiger partial charge in [-0.2, -0.15) is 13.5 Å². The minimum absolute atomic E-state index is 0.0483. The van der Waals surface area contributed by atoms with Crippen molar-refractivity contribution in [3.63, 3.8) is 0 Å². The molecule has 0 amide bonds. The van der Waals surface area contributed by atoms with Crippen LogP contribution in [0.2, 0.25) is 0 Å². The maximum Gasteiger partial charge on any atom is 0.283 e. The largest absolute Gasteiger partial charge is 0.497 e. The number of aryl methyl sites for hydroxylation is 1. The highest BCUT2D eigenvalue weighted by molar-refractivity contribution is 7.92. The molecule has 21 heavy (non-hydrogen) atoms. The van der Waals surface area contributed by atoms with Crippen LogP contribution in [0.25, 0.3) is 0 Å². The van der Waals surface area contributed by atoms with E-state index in [9.17, 15) is 8.42 Å². The summed E-state index contributed by atoms with van der Waals surface area (Å²) >= 11 is 0. The number of nitrogens with zero attached hydrogens (tertiary/aromatic N) is 2. The highest BCUT2D eigenvalue weighted by atomic mass is 32.2. The number of rotatable bonds is 5. The van der Waals surface area contributed by atoms with Crippen molar-refractivity contribution in [2.24, 2.45) is 5.73 Å². The van der Waals surface area contributed by atoms with Crippen LogP contribution in [0.15, 0.2) is 29.3 Å². The standard InChI is InChI=1S/C13H18N4O3S/c1-9-12(8-14)13(16-15-9)21(18,19)17(2)10-5-4-6-11(7-10)20-3/h4-7H,8,14H2,1-3H3,(H,15,16). The summed E-state index contributed by atoms with van der Waals surface area (Å²) in [6.07, 6.45) is 0. The molecule has 3 N–H and O–H groups in total. The van der Waals surface area contributed by atoms with Gasteiger partial charge in [-0.1, -0.05) is 6.07 Å². The van der Waals surface area contributed by atoms with Crippen LogP contribution in [0.4, 0.5) is 5.69 Å². The number of ether oxygens (including phenoxy) is 1. The first-order valence-electron chi connectivity index (χ1n) is 6.28. The smallest absolute Gasteiger partial charge is 0.283 e. The fourth-order valence-electron chi connectivity index (χ4n) is 1.96. The molecule has 0 aliphatic heterocycles. The number of methoxy groups -OCH3 is 1. The first-order chi connectivity index (χ1) is 9.91. The number of hydrogen-bond acceptors (Lipinski definition) is 5. The zero-order valence-electron chi connectivity index (χ0n) is 12.1. The van der Waals surface area contributed by atoms with Crippen molar-refractivity contribution >= 4 is 15.7 Å². The van der Waals surface area contributed by atoms with E-state index >= 15 is 0 Å². The number of hydrogen-bond donors (Lipinski definition) is 2. The van der Waals surface area contributed by atoms with Gasteiger partial charge < -0.3 is 10.5 Å². The monoisotopic (exact) mass is 310 g/mol. The molecule has 0 radical (unpaired) electrons. The SMILES string of the molecule is COc1cccc(N(C)S(=O)(=O)c2n[nH]c(C)c2CN)c1. The van der Waals surface area contributed by atoms with Gasteiger partial charge in [0.15, 0.2) is 0 Å². The van der Waals surface area contributed by atoms with Gasteiger partial charge in [-0.25, -0.2) is 0 Å². The number of nitrogens with one attached hydrogen (secondary N) is 1.